The minimum atomic E-state index is -0.753. The second-order valence-electron chi connectivity index (χ2n) is 4.05. The van der Waals surface area contributed by atoms with Crippen LogP contribution in [0.25, 0.3) is 0 Å². The monoisotopic (exact) mass is 243 g/mol. The molecule has 1 N–H and O–H groups in total. The van der Waals surface area contributed by atoms with E-state index in [4.69, 9.17) is 4.74 Å². The van der Waals surface area contributed by atoms with E-state index >= 15 is 0 Å². The first-order valence-corrected chi connectivity index (χ1v) is 6.02. The van der Waals surface area contributed by atoms with Crippen LogP contribution >= 0.6 is 0 Å². The summed E-state index contributed by atoms with van der Waals surface area (Å²) in [6, 6.07) is 11.3. The van der Waals surface area contributed by atoms with Crippen molar-refractivity contribution in [1.82, 2.24) is 4.98 Å². The van der Waals surface area contributed by atoms with Gasteiger partial charge in [0.05, 0.1) is 12.8 Å². The second kappa shape index (κ2) is 5.65. The van der Waals surface area contributed by atoms with Gasteiger partial charge in [-0.25, -0.2) is 0 Å². The summed E-state index contributed by atoms with van der Waals surface area (Å²) in [6.45, 7) is 2.05. The molecule has 1 heterocycles. The number of hydrogen-bond acceptors (Lipinski definition) is 3. The van der Waals surface area contributed by atoms with Crippen molar-refractivity contribution >= 4 is 0 Å². The van der Waals surface area contributed by atoms with Gasteiger partial charge in [0.1, 0.15) is 11.9 Å². The molecule has 0 aliphatic carbocycles. The SMILES string of the molecule is CCc1cccnc1C(O)c1ccccc1OC. The van der Waals surface area contributed by atoms with Gasteiger partial charge in [-0.05, 0) is 24.1 Å². The lowest BCUT2D eigenvalue weighted by Gasteiger charge is -2.16. The number of aliphatic hydroxyl groups excluding tert-OH is 1. The highest BCUT2D eigenvalue weighted by molar-refractivity contribution is 5.40. The number of methoxy groups -OCH3 is 1. The molecular weight excluding hydrogens is 226 g/mol. The normalized spacial score (nSPS) is 12.2. The highest BCUT2D eigenvalue weighted by Crippen LogP contribution is 2.30. The Bertz CT molecular complexity index is 478. The molecule has 3 heteroatoms. The van der Waals surface area contributed by atoms with Gasteiger partial charge in [0, 0.05) is 11.8 Å². The number of ether oxygens (including phenoxy) is 1. The predicted octanol–water partition coefficient (Wildman–Crippen LogP) is 2.73. The van der Waals surface area contributed by atoms with Crippen molar-refractivity contribution in [1.29, 1.82) is 0 Å². The molecule has 0 aliphatic heterocycles. The smallest absolute Gasteiger partial charge is 0.125 e. The second-order valence-corrected chi connectivity index (χ2v) is 4.05. The molecule has 0 aliphatic rings. The quantitative estimate of drug-likeness (QED) is 0.897. The number of pyridine rings is 1. The van der Waals surface area contributed by atoms with E-state index in [1.807, 2.05) is 36.4 Å². The van der Waals surface area contributed by atoms with E-state index in [0.717, 1.165) is 17.5 Å². The van der Waals surface area contributed by atoms with Gasteiger partial charge in [-0.1, -0.05) is 31.2 Å². The van der Waals surface area contributed by atoms with Gasteiger partial charge in [-0.2, -0.15) is 0 Å². The third kappa shape index (κ3) is 2.36. The van der Waals surface area contributed by atoms with Crippen molar-refractivity contribution in [2.45, 2.75) is 19.4 Å². The maximum Gasteiger partial charge on any atom is 0.125 e. The van der Waals surface area contributed by atoms with E-state index in [0.29, 0.717) is 11.4 Å². The van der Waals surface area contributed by atoms with E-state index in [9.17, 15) is 5.11 Å². The van der Waals surface area contributed by atoms with Crippen molar-refractivity contribution in [2.24, 2.45) is 0 Å². The highest BCUT2D eigenvalue weighted by atomic mass is 16.5. The first kappa shape index (κ1) is 12.6. The summed E-state index contributed by atoms with van der Waals surface area (Å²) in [4.78, 5) is 4.30. The summed E-state index contributed by atoms with van der Waals surface area (Å²) in [5, 5.41) is 10.5. The average Bonchev–Trinajstić information content (AvgIpc) is 2.46. The summed E-state index contributed by atoms with van der Waals surface area (Å²) in [7, 11) is 1.60. The van der Waals surface area contributed by atoms with Crippen LogP contribution in [0, 0.1) is 0 Å². The molecule has 1 aromatic heterocycles. The number of rotatable bonds is 4. The number of aryl methyl sites for hydroxylation is 1. The molecule has 0 radical (unpaired) electrons. The van der Waals surface area contributed by atoms with Crippen LogP contribution in [0.4, 0.5) is 0 Å². The third-order valence-corrected chi connectivity index (χ3v) is 3.00. The van der Waals surface area contributed by atoms with E-state index in [2.05, 4.69) is 11.9 Å². The molecule has 1 atom stereocenters. The molecular formula is C15H17NO2. The number of aliphatic hydroxyl groups is 1. The minimum Gasteiger partial charge on any atom is -0.496 e. The van der Waals surface area contributed by atoms with E-state index in [1.165, 1.54) is 0 Å². The molecule has 0 bridgehead atoms. The summed E-state index contributed by atoms with van der Waals surface area (Å²) in [5.74, 6) is 0.678. The predicted molar refractivity (Wildman–Crippen MR) is 70.7 cm³/mol. The van der Waals surface area contributed by atoms with Crippen LogP contribution in [0.3, 0.4) is 0 Å². The topological polar surface area (TPSA) is 42.4 Å². The maximum atomic E-state index is 10.5. The zero-order valence-corrected chi connectivity index (χ0v) is 10.6. The number of para-hydroxylation sites is 1. The van der Waals surface area contributed by atoms with E-state index in [-0.39, 0.29) is 0 Å². The summed E-state index contributed by atoms with van der Waals surface area (Å²) >= 11 is 0. The van der Waals surface area contributed by atoms with Crippen molar-refractivity contribution in [3.8, 4) is 5.75 Å². The minimum absolute atomic E-state index is 0.678. The molecule has 2 aromatic rings. The Hall–Kier alpha value is -1.87. The molecule has 0 saturated carbocycles. The van der Waals surface area contributed by atoms with Crippen molar-refractivity contribution in [3.63, 3.8) is 0 Å². The molecule has 0 fully saturated rings. The first-order valence-electron chi connectivity index (χ1n) is 6.02. The van der Waals surface area contributed by atoms with Crippen LogP contribution in [0.1, 0.15) is 29.8 Å². The van der Waals surface area contributed by atoms with E-state index in [1.54, 1.807) is 13.3 Å². The highest BCUT2D eigenvalue weighted by Gasteiger charge is 2.18. The Morgan fingerprint density at radius 1 is 1.22 bits per heavy atom. The molecule has 0 saturated heterocycles. The molecule has 18 heavy (non-hydrogen) atoms. The van der Waals surface area contributed by atoms with Crippen LogP contribution in [-0.2, 0) is 6.42 Å². The van der Waals surface area contributed by atoms with Gasteiger partial charge >= 0.3 is 0 Å². The van der Waals surface area contributed by atoms with Crippen molar-refractivity contribution in [3.05, 3.63) is 59.4 Å². The number of nitrogens with zero attached hydrogens (tertiary/aromatic N) is 1. The van der Waals surface area contributed by atoms with Crippen LogP contribution in [0.5, 0.6) is 5.75 Å². The fraction of sp³-hybridized carbons (Fsp3) is 0.267. The van der Waals surface area contributed by atoms with Gasteiger partial charge in [0.2, 0.25) is 0 Å². The molecule has 1 aromatic carbocycles. The van der Waals surface area contributed by atoms with Crippen LogP contribution in [-0.4, -0.2) is 17.2 Å². The molecule has 0 spiro atoms. The summed E-state index contributed by atoms with van der Waals surface area (Å²) in [5.41, 5.74) is 2.49. The number of hydrogen-bond donors (Lipinski definition) is 1. The van der Waals surface area contributed by atoms with Crippen LogP contribution < -0.4 is 4.74 Å². The lowest BCUT2D eigenvalue weighted by molar-refractivity contribution is 0.209. The zero-order chi connectivity index (χ0) is 13.0. The van der Waals surface area contributed by atoms with Gasteiger partial charge in [-0.3, -0.25) is 4.98 Å². The molecule has 94 valence electrons. The third-order valence-electron chi connectivity index (χ3n) is 3.00. The Balaban J connectivity index is 2.44. The summed E-state index contributed by atoms with van der Waals surface area (Å²) in [6.07, 6.45) is 1.79. The average molecular weight is 243 g/mol. The van der Waals surface area contributed by atoms with Gasteiger partial charge < -0.3 is 9.84 Å². The zero-order valence-electron chi connectivity index (χ0n) is 10.6. The van der Waals surface area contributed by atoms with Crippen LogP contribution in [0.2, 0.25) is 0 Å². The Morgan fingerprint density at radius 3 is 2.72 bits per heavy atom. The fourth-order valence-electron chi connectivity index (χ4n) is 2.04. The Kier molecular flexibility index (Phi) is 3.95. The van der Waals surface area contributed by atoms with Crippen molar-refractivity contribution in [2.75, 3.05) is 7.11 Å². The van der Waals surface area contributed by atoms with Gasteiger partial charge in [0.25, 0.3) is 0 Å². The Labute approximate surface area is 107 Å². The van der Waals surface area contributed by atoms with Crippen molar-refractivity contribution < 1.29 is 9.84 Å². The standard InChI is InChI=1S/C15H17NO2/c1-3-11-7-6-10-16-14(11)15(17)12-8-4-5-9-13(12)18-2/h4-10,15,17H,3H2,1-2H3. The maximum absolute atomic E-state index is 10.5. The molecule has 3 nitrogen and oxygen atoms in total. The lowest BCUT2D eigenvalue weighted by atomic mass is 10.00. The molecule has 1 unspecified atom stereocenters. The first-order chi connectivity index (χ1) is 8.77. The number of benzene rings is 1. The van der Waals surface area contributed by atoms with E-state index < -0.39 is 6.10 Å². The summed E-state index contributed by atoms with van der Waals surface area (Å²) < 4.78 is 5.27. The lowest BCUT2D eigenvalue weighted by Crippen LogP contribution is -2.07. The molecule has 0 amide bonds. The van der Waals surface area contributed by atoms with Gasteiger partial charge in [0.15, 0.2) is 0 Å². The van der Waals surface area contributed by atoms with Gasteiger partial charge in [-0.15, -0.1) is 0 Å². The van der Waals surface area contributed by atoms with Crippen LogP contribution in [0.15, 0.2) is 42.6 Å². The Morgan fingerprint density at radius 2 is 2.00 bits per heavy atom. The number of aromatic nitrogens is 1. The molecule has 2 rings (SSSR count). The fourth-order valence-corrected chi connectivity index (χ4v) is 2.04. The largest absolute Gasteiger partial charge is 0.496 e.